The molecular formula is C16H21IN6O2. The number of guanidine groups is 1. The number of aliphatic imine (C=N–C) groups is 1. The summed E-state index contributed by atoms with van der Waals surface area (Å²) in [5, 5.41) is 10.0. The van der Waals surface area contributed by atoms with Gasteiger partial charge in [0.2, 0.25) is 5.82 Å². The Morgan fingerprint density at radius 3 is 3.00 bits per heavy atom. The first kappa shape index (κ1) is 19.2. The van der Waals surface area contributed by atoms with Crippen LogP contribution in [0.2, 0.25) is 0 Å². The van der Waals surface area contributed by atoms with E-state index in [1.807, 2.05) is 31.3 Å². The van der Waals surface area contributed by atoms with E-state index in [2.05, 4.69) is 30.4 Å². The molecule has 1 aromatic carbocycles. The average Bonchev–Trinajstić information content (AvgIpc) is 3.23. The maximum Gasteiger partial charge on any atom is 0.375 e. The summed E-state index contributed by atoms with van der Waals surface area (Å²) in [6.45, 7) is 4.47. The Bertz CT molecular complexity index is 761. The van der Waals surface area contributed by atoms with Crippen molar-refractivity contribution in [1.29, 1.82) is 0 Å². The van der Waals surface area contributed by atoms with Crippen LogP contribution in [0.5, 0.6) is 0 Å². The Balaban J connectivity index is 0.00000225. The van der Waals surface area contributed by atoms with Crippen LogP contribution in [-0.2, 0) is 11.3 Å². The van der Waals surface area contributed by atoms with Crippen LogP contribution in [0, 0.1) is 0 Å². The van der Waals surface area contributed by atoms with E-state index in [1.165, 1.54) is 0 Å². The number of aromatic nitrogens is 3. The van der Waals surface area contributed by atoms with Gasteiger partial charge in [-0.3, -0.25) is 10.1 Å². The predicted molar refractivity (Wildman–Crippen MR) is 105 cm³/mol. The molecule has 25 heavy (non-hydrogen) atoms. The topological polar surface area (TPSA) is 95.5 Å². The minimum Gasteiger partial charge on any atom is -0.460 e. The Kier molecular flexibility index (Phi) is 6.73. The van der Waals surface area contributed by atoms with Crippen molar-refractivity contribution in [2.24, 2.45) is 4.99 Å². The molecule has 9 heteroatoms. The Morgan fingerprint density at radius 2 is 2.28 bits per heavy atom. The van der Waals surface area contributed by atoms with Gasteiger partial charge in [0.1, 0.15) is 0 Å². The summed E-state index contributed by atoms with van der Waals surface area (Å²) in [7, 11) is 2.01. The van der Waals surface area contributed by atoms with E-state index >= 15 is 0 Å². The summed E-state index contributed by atoms with van der Waals surface area (Å²) < 4.78 is 4.91. The van der Waals surface area contributed by atoms with Gasteiger partial charge in [0.15, 0.2) is 11.8 Å². The van der Waals surface area contributed by atoms with Crippen molar-refractivity contribution >= 4 is 35.9 Å². The highest BCUT2D eigenvalue weighted by Gasteiger charge is 2.14. The predicted octanol–water partition coefficient (Wildman–Crippen LogP) is 1.66. The van der Waals surface area contributed by atoms with E-state index in [0.29, 0.717) is 19.0 Å². The molecule has 2 N–H and O–H groups in total. The average molecular weight is 456 g/mol. The van der Waals surface area contributed by atoms with Gasteiger partial charge in [-0.15, -0.1) is 24.0 Å². The smallest absolute Gasteiger partial charge is 0.375 e. The van der Waals surface area contributed by atoms with Gasteiger partial charge in [-0.05, 0) is 18.6 Å². The zero-order valence-corrected chi connectivity index (χ0v) is 16.5. The summed E-state index contributed by atoms with van der Waals surface area (Å²) in [6.07, 6.45) is 0. The van der Waals surface area contributed by atoms with Gasteiger partial charge >= 0.3 is 5.97 Å². The van der Waals surface area contributed by atoms with Crippen molar-refractivity contribution in [2.45, 2.75) is 13.5 Å². The molecule has 0 fully saturated rings. The second-order valence-corrected chi connectivity index (χ2v) is 5.41. The lowest BCUT2D eigenvalue weighted by atomic mass is 10.1. The maximum atomic E-state index is 11.7. The molecule has 0 saturated carbocycles. The summed E-state index contributed by atoms with van der Waals surface area (Å²) >= 11 is 0. The Morgan fingerprint density at radius 1 is 1.44 bits per heavy atom. The third-order valence-corrected chi connectivity index (χ3v) is 3.65. The van der Waals surface area contributed by atoms with E-state index in [1.54, 1.807) is 6.92 Å². The largest absolute Gasteiger partial charge is 0.460 e. The fraction of sp³-hybridized carbons (Fsp3) is 0.375. The number of hydrogen-bond donors (Lipinski definition) is 2. The van der Waals surface area contributed by atoms with Crippen LogP contribution in [0.15, 0.2) is 29.3 Å². The molecule has 0 aliphatic carbocycles. The molecule has 0 amide bonds. The number of carbonyl (C=O) groups excluding carboxylic acids is 1. The van der Waals surface area contributed by atoms with Gasteiger partial charge in [-0.2, -0.15) is 5.10 Å². The fourth-order valence-electron chi connectivity index (χ4n) is 2.41. The van der Waals surface area contributed by atoms with E-state index in [-0.39, 0.29) is 29.8 Å². The van der Waals surface area contributed by atoms with Crippen molar-refractivity contribution in [3.8, 4) is 11.4 Å². The molecule has 0 spiro atoms. The molecule has 8 nitrogen and oxygen atoms in total. The standard InChI is InChI=1S/C16H20N6O2.HI/c1-3-24-15(23)14-19-13(20-21-14)12-6-4-5-11(9-12)10-18-16-17-7-8-22(16)2;/h4-6,9H,3,7-8,10H2,1-2H3,(H,17,18)(H,19,20,21);1H. The van der Waals surface area contributed by atoms with Crippen LogP contribution < -0.4 is 5.32 Å². The van der Waals surface area contributed by atoms with Crippen molar-refractivity contribution in [3.05, 3.63) is 35.7 Å². The second-order valence-electron chi connectivity index (χ2n) is 5.41. The van der Waals surface area contributed by atoms with E-state index < -0.39 is 5.97 Å². The van der Waals surface area contributed by atoms with Crippen molar-refractivity contribution < 1.29 is 9.53 Å². The second kappa shape index (κ2) is 8.79. The first-order valence-electron chi connectivity index (χ1n) is 7.85. The van der Waals surface area contributed by atoms with Crippen molar-refractivity contribution in [1.82, 2.24) is 25.4 Å². The van der Waals surface area contributed by atoms with Crippen LogP contribution >= 0.6 is 24.0 Å². The molecule has 0 bridgehead atoms. The maximum absolute atomic E-state index is 11.7. The van der Waals surface area contributed by atoms with E-state index in [9.17, 15) is 4.79 Å². The highest BCUT2D eigenvalue weighted by Crippen LogP contribution is 2.16. The first-order valence-corrected chi connectivity index (χ1v) is 7.85. The lowest BCUT2D eigenvalue weighted by Gasteiger charge is -2.15. The minimum atomic E-state index is -0.503. The van der Waals surface area contributed by atoms with Crippen LogP contribution in [-0.4, -0.2) is 58.8 Å². The number of ether oxygens (including phenoxy) is 1. The zero-order chi connectivity index (χ0) is 16.9. The molecule has 0 radical (unpaired) electrons. The summed E-state index contributed by atoms with van der Waals surface area (Å²) in [4.78, 5) is 22.3. The quantitative estimate of drug-likeness (QED) is 0.525. The van der Waals surface area contributed by atoms with Crippen LogP contribution in [0.25, 0.3) is 11.4 Å². The van der Waals surface area contributed by atoms with Crippen molar-refractivity contribution in [3.63, 3.8) is 0 Å². The molecule has 134 valence electrons. The Hall–Kier alpha value is -2.17. The zero-order valence-electron chi connectivity index (χ0n) is 14.2. The molecular weight excluding hydrogens is 435 g/mol. The number of halogens is 1. The monoisotopic (exact) mass is 456 g/mol. The minimum absolute atomic E-state index is 0. The molecule has 0 atom stereocenters. The number of H-pyrrole nitrogens is 1. The molecule has 2 aromatic rings. The third-order valence-electron chi connectivity index (χ3n) is 3.65. The van der Waals surface area contributed by atoms with Gasteiger partial charge in [0.05, 0.1) is 13.2 Å². The van der Waals surface area contributed by atoms with Crippen LogP contribution in [0.3, 0.4) is 0 Å². The number of rotatable bonds is 5. The molecule has 3 rings (SSSR count). The lowest BCUT2D eigenvalue weighted by Crippen LogP contribution is -2.35. The fourth-order valence-corrected chi connectivity index (χ4v) is 2.41. The molecule has 0 saturated heterocycles. The molecule has 0 unspecified atom stereocenters. The van der Waals surface area contributed by atoms with Crippen LogP contribution in [0.4, 0.5) is 0 Å². The summed E-state index contributed by atoms with van der Waals surface area (Å²) in [5.41, 5.74) is 1.92. The first-order chi connectivity index (χ1) is 11.7. The number of hydrogen-bond acceptors (Lipinski definition) is 7. The van der Waals surface area contributed by atoms with Gasteiger partial charge in [-0.25, -0.2) is 9.78 Å². The van der Waals surface area contributed by atoms with Crippen molar-refractivity contribution in [2.75, 3.05) is 26.7 Å². The number of nitrogens with zero attached hydrogens (tertiary/aromatic N) is 4. The van der Waals surface area contributed by atoms with Gasteiger partial charge < -0.3 is 15.0 Å². The van der Waals surface area contributed by atoms with Crippen LogP contribution in [0.1, 0.15) is 23.1 Å². The van der Waals surface area contributed by atoms with Gasteiger partial charge in [0, 0.05) is 25.7 Å². The van der Waals surface area contributed by atoms with Gasteiger partial charge in [-0.1, -0.05) is 18.2 Å². The number of likely N-dealkylation sites (N-methyl/N-ethyl adjacent to an activating group) is 1. The molecule has 2 heterocycles. The van der Waals surface area contributed by atoms with Gasteiger partial charge in [0.25, 0.3) is 0 Å². The molecule has 1 aromatic heterocycles. The normalized spacial score (nSPS) is 13.2. The number of benzene rings is 1. The SMILES string of the molecule is CCOC(=O)c1nc(-c2cccc(CNC3=NCCN3C)c2)n[nH]1.I. The summed E-state index contributed by atoms with van der Waals surface area (Å²) in [6, 6.07) is 7.85. The number of aromatic amines is 1. The lowest BCUT2D eigenvalue weighted by molar-refractivity contribution is 0.0512. The number of carbonyl (C=O) groups is 1. The Labute approximate surface area is 163 Å². The number of nitrogens with one attached hydrogen (secondary N) is 2. The summed E-state index contributed by atoms with van der Waals surface area (Å²) in [5.74, 6) is 0.979. The van der Waals surface area contributed by atoms with E-state index in [4.69, 9.17) is 4.74 Å². The highest BCUT2D eigenvalue weighted by molar-refractivity contribution is 14.0. The molecule has 1 aliphatic heterocycles. The highest BCUT2D eigenvalue weighted by atomic mass is 127. The van der Waals surface area contributed by atoms with E-state index in [0.717, 1.165) is 30.2 Å². The third kappa shape index (κ3) is 4.68. The molecule has 1 aliphatic rings. The number of esters is 1.